The Labute approximate surface area is 101 Å². The SMILES string of the molecule is CCNC(C)C(CC)CCCOCCOC. The first-order chi connectivity index (χ1) is 7.76. The van der Waals surface area contributed by atoms with Crippen LogP contribution in [0.3, 0.4) is 0 Å². The second kappa shape index (κ2) is 11.4. The zero-order chi connectivity index (χ0) is 12.2. The Bertz CT molecular complexity index is 142. The molecule has 0 aromatic rings. The molecule has 0 aliphatic carbocycles. The van der Waals surface area contributed by atoms with E-state index < -0.39 is 0 Å². The Balaban J connectivity index is 3.47. The minimum atomic E-state index is 0.619. The summed E-state index contributed by atoms with van der Waals surface area (Å²) >= 11 is 0. The standard InChI is InChI=1S/C13H29NO2/c1-5-13(12(3)14-6-2)8-7-9-16-11-10-15-4/h12-14H,5-11H2,1-4H3. The highest BCUT2D eigenvalue weighted by molar-refractivity contribution is 4.70. The summed E-state index contributed by atoms with van der Waals surface area (Å²) in [6.07, 6.45) is 3.64. The van der Waals surface area contributed by atoms with Gasteiger partial charge in [-0.2, -0.15) is 0 Å². The lowest BCUT2D eigenvalue weighted by Gasteiger charge is -2.23. The number of rotatable bonds is 11. The molecular weight excluding hydrogens is 202 g/mol. The van der Waals surface area contributed by atoms with Crippen LogP contribution in [-0.4, -0.2) is 39.5 Å². The monoisotopic (exact) mass is 231 g/mol. The van der Waals surface area contributed by atoms with Gasteiger partial charge in [-0.3, -0.25) is 0 Å². The van der Waals surface area contributed by atoms with E-state index in [0.29, 0.717) is 12.6 Å². The van der Waals surface area contributed by atoms with Gasteiger partial charge in [0.25, 0.3) is 0 Å². The average Bonchev–Trinajstić information content (AvgIpc) is 2.28. The Hall–Kier alpha value is -0.120. The summed E-state index contributed by atoms with van der Waals surface area (Å²) in [6.45, 7) is 10.0. The Morgan fingerprint density at radius 3 is 2.44 bits per heavy atom. The predicted octanol–water partition coefficient (Wildman–Crippen LogP) is 2.45. The van der Waals surface area contributed by atoms with Gasteiger partial charge in [-0.05, 0) is 32.2 Å². The van der Waals surface area contributed by atoms with Gasteiger partial charge in [-0.1, -0.05) is 20.3 Å². The minimum absolute atomic E-state index is 0.619. The molecule has 0 fully saturated rings. The van der Waals surface area contributed by atoms with E-state index in [1.54, 1.807) is 7.11 Å². The highest BCUT2D eigenvalue weighted by atomic mass is 16.5. The van der Waals surface area contributed by atoms with Crippen LogP contribution in [0, 0.1) is 5.92 Å². The van der Waals surface area contributed by atoms with E-state index in [9.17, 15) is 0 Å². The van der Waals surface area contributed by atoms with Gasteiger partial charge in [0.05, 0.1) is 13.2 Å². The Morgan fingerprint density at radius 1 is 1.12 bits per heavy atom. The van der Waals surface area contributed by atoms with Gasteiger partial charge in [-0.25, -0.2) is 0 Å². The predicted molar refractivity (Wildman–Crippen MR) is 68.8 cm³/mol. The lowest BCUT2D eigenvalue weighted by Crippen LogP contribution is -2.33. The summed E-state index contributed by atoms with van der Waals surface area (Å²) in [7, 11) is 1.70. The summed E-state index contributed by atoms with van der Waals surface area (Å²) in [5.41, 5.74) is 0. The maximum atomic E-state index is 5.46. The van der Waals surface area contributed by atoms with Crippen molar-refractivity contribution in [2.75, 3.05) is 33.5 Å². The average molecular weight is 231 g/mol. The first-order valence-corrected chi connectivity index (χ1v) is 6.56. The first kappa shape index (κ1) is 15.9. The van der Waals surface area contributed by atoms with Crippen molar-refractivity contribution < 1.29 is 9.47 Å². The topological polar surface area (TPSA) is 30.5 Å². The summed E-state index contributed by atoms with van der Waals surface area (Å²) < 4.78 is 10.4. The molecule has 0 aromatic carbocycles. The second-order valence-corrected chi connectivity index (χ2v) is 4.26. The van der Waals surface area contributed by atoms with Crippen LogP contribution in [0.15, 0.2) is 0 Å². The molecular formula is C13H29NO2. The van der Waals surface area contributed by atoms with Crippen molar-refractivity contribution in [1.82, 2.24) is 5.32 Å². The maximum absolute atomic E-state index is 5.46. The van der Waals surface area contributed by atoms with Gasteiger partial charge < -0.3 is 14.8 Å². The van der Waals surface area contributed by atoms with Crippen molar-refractivity contribution in [2.24, 2.45) is 5.92 Å². The fourth-order valence-electron chi connectivity index (χ4n) is 1.99. The molecule has 3 heteroatoms. The van der Waals surface area contributed by atoms with E-state index in [-0.39, 0.29) is 0 Å². The maximum Gasteiger partial charge on any atom is 0.0700 e. The molecule has 0 saturated heterocycles. The van der Waals surface area contributed by atoms with E-state index in [2.05, 4.69) is 26.1 Å². The van der Waals surface area contributed by atoms with Crippen LogP contribution in [0.2, 0.25) is 0 Å². The van der Waals surface area contributed by atoms with Crippen molar-refractivity contribution >= 4 is 0 Å². The van der Waals surface area contributed by atoms with Gasteiger partial charge in [0.2, 0.25) is 0 Å². The van der Waals surface area contributed by atoms with Crippen LogP contribution in [0.4, 0.5) is 0 Å². The van der Waals surface area contributed by atoms with Crippen LogP contribution in [0.5, 0.6) is 0 Å². The third-order valence-corrected chi connectivity index (χ3v) is 3.05. The number of hydrogen-bond acceptors (Lipinski definition) is 3. The smallest absolute Gasteiger partial charge is 0.0700 e. The molecule has 0 radical (unpaired) electrons. The van der Waals surface area contributed by atoms with Gasteiger partial charge >= 0.3 is 0 Å². The third-order valence-electron chi connectivity index (χ3n) is 3.05. The molecule has 0 saturated carbocycles. The number of nitrogens with one attached hydrogen (secondary N) is 1. The largest absolute Gasteiger partial charge is 0.382 e. The van der Waals surface area contributed by atoms with E-state index in [0.717, 1.165) is 32.1 Å². The number of hydrogen-bond donors (Lipinski definition) is 1. The van der Waals surface area contributed by atoms with Crippen LogP contribution in [0.1, 0.15) is 40.0 Å². The molecule has 0 amide bonds. The Morgan fingerprint density at radius 2 is 1.88 bits per heavy atom. The van der Waals surface area contributed by atoms with E-state index in [4.69, 9.17) is 9.47 Å². The fraction of sp³-hybridized carbons (Fsp3) is 1.00. The molecule has 0 spiro atoms. The summed E-state index contributed by atoms with van der Waals surface area (Å²) in [4.78, 5) is 0. The van der Waals surface area contributed by atoms with Gasteiger partial charge in [0.15, 0.2) is 0 Å². The molecule has 16 heavy (non-hydrogen) atoms. The normalized spacial score (nSPS) is 15.0. The highest BCUT2D eigenvalue weighted by Gasteiger charge is 2.13. The van der Waals surface area contributed by atoms with E-state index in [1.165, 1.54) is 12.8 Å². The number of ether oxygens (including phenoxy) is 2. The summed E-state index contributed by atoms with van der Waals surface area (Å²) in [6, 6.07) is 0.619. The number of methoxy groups -OCH3 is 1. The van der Waals surface area contributed by atoms with Crippen LogP contribution in [-0.2, 0) is 9.47 Å². The molecule has 0 aromatic heterocycles. The molecule has 3 nitrogen and oxygen atoms in total. The second-order valence-electron chi connectivity index (χ2n) is 4.26. The van der Waals surface area contributed by atoms with Crippen LogP contribution in [0.25, 0.3) is 0 Å². The van der Waals surface area contributed by atoms with Gasteiger partial charge in [-0.15, -0.1) is 0 Å². The van der Waals surface area contributed by atoms with E-state index >= 15 is 0 Å². The Kier molecular flexibility index (Phi) is 11.3. The van der Waals surface area contributed by atoms with Gasteiger partial charge in [0, 0.05) is 19.8 Å². The van der Waals surface area contributed by atoms with Crippen molar-refractivity contribution in [2.45, 2.75) is 46.1 Å². The third kappa shape index (κ3) is 8.08. The summed E-state index contributed by atoms with van der Waals surface area (Å²) in [5, 5.41) is 3.50. The van der Waals surface area contributed by atoms with E-state index in [1.807, 2.05) is 0 Å². The molecule has 0 aliphatic rings. The lowest BCUT2D eigenvalue weighted by atomic mass is 9.93. The summed E-state index contributed by atoms with van der Waals surface area (Å²) in [5.74, 6) is 0.769. The van der Waals surface area contributed by atoms with Crippen molar-refractivity contribution in [1.29, 1.82) is 0 Å². The van der Waals surface area contributed by atoms with Crippen LogP contribution < -0.4 is 5.32 Å². The first-order valence-electron chi connectivity index (χ1n) is 6.56. The molecule has 2 unspecified atom stereocenters. The van der Waals surface area contributed by atoms with Gasteiger partial charge in [0.1, 0.15) is 0 Å². The fourth-order valence-corrected chi connectivity index (χ4v) is 1.99. The van der Waals surface area contributed by atoms with Crippen molar-refractivity contribution in [3.8, 4) is 0 Å². The minimum Gasteiger partial charge on any atom is -0.382 e. The molecule has 0 aliphatic heterocycles. The molecule has 0 rings (SSSR count). The van der Waals surface area contributed by atoms with Crippen molar-refractivity contribution in [3.63, 3.8) is 0 Å². The molecule has 2 atom stereocenters. The quantitative estimate of drug-likeness (QED) is 0.554. The molecule has 0 heterocycles. The van der Waals surface area contributed by atoms with Crippen molar-refractivity contribution in [3.05, 3.63) is 0 Å². The molecule has 1 N–H and O–H groups in total. The zero-order valence-corrected chi connectivity index (χ0v) is 11.4. The highest BCUT2D eigenvalue weighted by Crippen LogP contribution is 2.15. The molecule has 98 valence electrons. The lowest BCUT2D eigenvalue weighted by molar-refractivity contribution is 0.0665. The van der Waals surface area contributed by atoms with Crippen LogP contribution >= 0.6 is 0 Å². The molecule has 0 bridgehead atoms. The zero-order valence-electron chi connectivity index (χ0n) is 11.4.